The van der Waals surface area contributed by atoms with E-state index in [0.29, 0.717) is 28.5 Å². The molecule has 0 aliphatic carbocycles. The van der Waals surface area contributed by atoms with Crippen molar-refractivity contribution in [3.8, 4) is 5.75 Å². The lowest BCUT2D eigenvalue weighted by molar-refractivity contribution is 0.0697. The number of anilines is 1. The van der Waals surface area contributed by atoms with Crippen molar-refractivity contribution in [3.05, 3.63) is 59.7 Å². The number of benzene rings is 2. The van der Waals surface area contributed by atoms with Gasteiger partial charge in [-0.25, -0.2) is 0 Å². The molecule has 5 heteroatoms. The SMILES string of the molecule is COc1ccccc1C(=O)Nc1ccc(C(=O)N2CCC(C)CC2)cc1. The van der Waals surface area contributed by atoms with Crippen LogP contribution in [-0.2, 0) is 0 Å². The van der Waals surface area contributed by atoms with E-state index in [1.807, 2.05) is 11.0 Å². The van der Waals surface area contributed by atoms with Crippen LogP contribution in [0.5, 0.6) is 5.75 Å². The van der Waals surface area contributed by atoms with Gasteiger partial charge in [0.1, 0.15) is 5.75 Å². The van der Waals surface area contributed by atoms with Gasteiger partial charge in [-0.05, 0) is 55.2 Å². The van der Waals surface area contributed by atoms with Crippen LogP contribution in [0.1, 0.15) is 40.5 Å². The van der Waals surface area contributed by atoms with Crippen LogP contribution in [0.15, 0.2) is 48.5 Å². The van der Waals surface area contributed by atoms with Crippen LogP contribution in [0.4, 0.5) is 5.69 Å². The third-order valence-electron chi connectivity index (χ3n) is 4.81. The van der Waals surface area contributed by atoms with Crippen molar-refractivity contribution >= 4 is 17.5 Å². The predicted octanol–water partition coefficient (Wildman–Crippen LogP) is 3.82. The number of methoxy groups -OCH3 is 1. The third-order valence-corrected chi connectivity index (χ3v) is 4.81. The first kappa shape index (κ1) is 18.0. The molecule has 26 heavy (non-hydrogen) atoms. The summed E-state index contributed by atoms with van der Waals surface area (Å²) in [6, 6.07) is 14.1. The normalized spacial score (nSPS) is 14.8. The average Bonchev–Trinajstić information content (AvgIpc) is 2.68. The molecule has 0 saturated carbocycles. The van der Waals surface area contributed by atoms with Gasteiger partial charge in [-0.1, -0.05) is 19.1 Å². The number of carbonyl (C=O) groups is 2. The molecule has 136 valence electrons. The van der Waals surface area contributed by atoms with Crippen LogP contribution >= 0.6 is 0 Å². The summed E-state index contributed by atoms with van der Waals surface area (Å²) >= 11 is 0. The van der Waals surface area contributed by atoms with Gasteiger partial charge in [-0.3, -0.25) is 9.59 Å². The standard InChI is InChI=1S/C21H24N2O3/c1-15-11-13-23(14-12-15)21(25)16-7-9-17(10-8-16)22-20(24)18-5-3-4-6-19(18)26-2/h3-10,15H,11-14H2,1-2H3,(H,22,24). The second-order valence-electron chi connectivity index (χ2n) is 6.71. The summed E-state index contributed by atoms with van der Waals surface area (Å²) in [5, 5.41) is 2.84. The van der Waals surface area contributed by atoms with Crippen LogP contribution in [0.2, 0.25) is 0 Å². The number of piperidine rings is 1. The topological polar surface area (TPSA) is 58.6 Å². The number of ether oxygens (including phenoxy) is 1. The molecule has 2 aromatic rings. The van der Waals surface area contributed by atoms with Gasteiger partial charge in [-0.15, -0.1) is 0 Å². The molecule has 0 bridgehead atoms. The van der Waals surface area contributed by atoms with Crippen LogP contribution in [0, 0.1) is 5.92 Å². The first-order chi connectivity index (χ1) is 12.6. The zero-order valence-electron chi connectivity index (χ0n) is 15.2. The molecule has 0 unspecified atom stereocenters. The van der Waals surface area contributed by atoms with E-state index in [4.69, 9.17) is 4.74 Å². The Hall–Kier alpha value is -2.82. The molecule has 1 fully saturated rings. The molecule has 1 N–H and O–H groups in total. The molecule has 1 saturated heterocycles. The zero-order chi connectivity index (χ0) is 18.5. The molecule has 3 rings (SSSR count). The van der Waals surface area contributed by atoms with Crippen LogP contribution in [-0.4, -0.2) is 36.9 Å². The van der Waals surface area contributed by atoms with Gasteiger partial charge in [-0.2, -0.15) is 0 Å². The van der Waals surface area contributed by atoms with E-state index in [0.717, 1.165) is 25.9 Å². The Bertz CT molecular complexity index is 778. The summed E-state index contributed by atoms with van der Waals surface area (Å²) in [5.41, 5.74) is 1.76. The summed E-state index contributed by atoms with van der Waals surface area (Å²) in [4.78, 5) is 26.9. The largest absolute Gasteiger partial charge is 0.496 e. The van der Waals surface area contributed by atoms with E-state index in [-0.39, 0.29) is 11.8 Å². The van der Waals surface area contributed by atoms with Crippen molar-refractivity contribution in [1.29, 1.82) is 0 Å². The zero-order valence-corrected chi connectivity index (χ0v) is 15.2. The number of para-hydroxylation sites is 1. The molecule has 5 nitrogen and oxygen atoms in total. The smallest absolute Gasteiger partial charge is 0.259 e. The molecule has 0 radical (unpaired) electrons. The first-order valence-corrected chi connectivity index (χ1v) is 8.92. The second kappa shape index (κ2) is 8.04. The van der Waals surface area contributed by atoms with Gasteiger partial charge in [0.2, 0.25) is 0 Å². The number of amides is 2. The monoisotopic (exact) mass is 352 g/mol. The quantitative estimate of drug-likeness (QED) is 0.910. The summed E-state index contributed by atoms with van der Waals surface area (Å²) in [7, 11) is 1.54. The lowest BCUT2D eigenvalue weighted by Gasteiger charge is -2.30. The highest BCUT2D eigenvalue weighted by Gasteiger charge is 2.21. The minimum Gasteiger partial charge on any atom is -0.496 e. The Morgan fingerprint density at radius 2 is 1.69 bits per heavy atom. The molecule has 0 atom stereocenters. The number of hydrogen-bond donors (Lipinski definition) is 1. The molecular weight excluding hydrogens is 328 g/mol. The highest BCUT2D eigenvalue weighted by atomic mass is 16.5. The predicted molar refractivity (Wildman–Crippen MR) is 102 cm³/mol. The van der Waals surface area contributed by atoms with Crippen molar-refractivity contribution in [2.24, 2.45) is 5.92 Å². The molecular formula is C21H24N2O3. The minimum atomic E-state index is -0.244. The molecule has 0 aromatic heterocycles. The maximum absolute atomic E-state index is 12.6. The fourth-order valence-corrected chi connectivity index (χ4v) is 3.12. The Labute approximate surface area is 154 Å². The number of hydrogen-bond acceptors (Lipinski definition) is 3. The number of likely N-dealkylation sites (tertiary alicyclic amines) is 1. The summed E-state index contributed by atoms with van der Waals surface area (Å²) < 4.78 is 5.22. The van der Waals surface area contributed by atoms with E-state index >= 15 is 0 Å². The Morgan fingerprint density at radius 3 is 2.35 bits per heavy atom. The van der Waals surface area contributed by atoms with Gasteiger partial charge in [0, 0.05) is 24.3 Å². The van der Waals surface area contributed by atoms with Gasteiger partial charge in [0.15, 0.2) is 0 Å². The van der Waals surface area contributed by atoms with E-state index in [2.05, 4.69) is 12.2 Å². The van der Waals surface area contributed by atoms with Crippen molar-refractivity contribution in [2.75, 3.05) is 25.5 Å². The maximum atomic E-state index is 12.6. The van der Waals surface area contributed by atoms with Crippen molar-refractivity contribution < 1.29 is 14.3 Å². The summed E-state index contributed by atoms with van der Waals surface area (Å²) in [6.45, 7) is 3.85. The highest BCUT2D eigenvalue weighted by molar-refractivity contribution is 6.06. The number of rotatable bonds is 4. The number of nitrogens with zero attached hydrogens (tertiary/aromatic N) is 1. The molecule has 1 aliphatic rings. The van der Waals surface area contributed by atoms with Crippen LogP contribution < -0.4 is 10.1 Å². The fraction of sp³-hybridized carbons (Fsp3) is 0.333. The number of carbonyl (C=O) groups excluding carboxylic acids is 2. The van der Waals surface area contributed by atoms with E-state index in [1.165, 1.54) is 7.11 Å². The maximum Gasteiger partial charge on any atom is 0.259 e. The lowest BCUT2D eigenvalue weighted by Crippen LogP contribution is -2.37. The number of nitrogens with one attached hydrogen (secondary N) is 1. The third kappa shape index (κ3) is 4.04. The second-order valence-corrected chi connectivity index (χ2v) is 6.71. The Morgan fingerprint density at radius 1 is 1.04 bits per heavy atom. The van der Waals surface area contributed by atoms with E-state index in [1.54, 1.807) is 42.5 Å². The van der Waals surface area contributed by atoms with Crippen molar-refractivity contribution in [2.45, 2.75) is 19.8 Å². The Kier molecular flexibility index (Phi) is 5.56. The summed E-state index contributed by atoms with van der Waals surface area (Å²) in [5.74, 6) is 1.02. The average molecular weight is 352 g/mol. The summed E-state index contributed by atoms with van der Waals surface area (Å²) in [6.07, 6.45) is 2.11. The van der Waals surface area contributed by atoms with Crippen LogP contribution in [0.3, 0.4) is 0 Å². The lowest BCUT2D eigenvalue weighted by atomic mass is 9.98. The fourth-order valence-electron chi connectivity index (χ4n) is 3.12. The van der Waals surface area contributed by atoms with Crippen molar-refractivity contribution in [1.82, 2.24) is 4.90 Å². The van der Waals surface area contributed by atoms with Crippen LogP contribution in [0.25, 0.3) is 0 Å². The molecule has 2 aromatic carbocycles. The van der Waals surface area contributed by atoms with Gasteiger partial charge >= 0.3 is 0 Å². The molecule has 2 amide bonds. The minimum absolute atomic E-state index is 0.0551. The van der Waals surface area contributed by atoms with Crippen molar-refractivity contribution in [3.63, 3.8) is 0 Å². The molecule has 0 spiro atoms. The Balaban J connectivity index is 1.66. The highest BCUT2D eigenvalue weighted by Crippen LogP contribution is 2.21. The molecule has 1 heterocycles. The van der Waals surface area contributed by atoms with Gasteiger partial charge in [0.25, 0.3) is 11.8 Å². The van der Waals surface area contributed by atoms with Gasteiger partial charge in [0.05, 0.1) is 12.7 Å². The van der Waals surface area contributed by atoms with Gasteiger partial charge < -0.3 is 15.0 Å². The molecule has 1 aliphatic heterocycles. The first-order valence-electron chi connectivity index (χ1n) is 8.92. The van der Waals surface area contributed by atoms with E-state index in [9.17, 15) is 9.59 Å². The van der Waals surface area contributed by atoms with E-state index < -0.39 is 0 Å².